The third-order valence-corrected chi connectivity index (χ3v) is 6.24. The minimum absolute atomic E-state index is 0.0613. The summed E-state index contributed by atoms with van der Waals surface area (Å²) in [6, 6.07) is 0.958. The molecule has 4 aliphatic rings. The van der Waals surface area contributed by atoms with Crippen LogP contribution in [-0.2, 0) is 28.6 Å². The Bertz CT molecular complexity index is 945. The van der Waals surface area contributed by atoms with Gasteiger partial charge in [-0.05, 0) is 6.07 Å². The zero-order valence-corrected chi connectivity index (χ0v) is 15.6. The number of halogens is 2. The monoisotopic (exact) mass is 429 g/mol. The summed E-state index contributed by atoms with van der Waals surface area (Å²) in [5.74, 6) is -4.99. The van der Waals surface area contributed by atoms with Crippen LogP contribution in [0.2, 0.25) is 10.2 Å². The maximum absolute atomic E-state index is 12.7. The number of carbonyl (C=O) groups excluding carboxylic acids is 3. The molecule has 10 nitrogen and oxygen atoms in total. The van der Waals surface area contributed by atoms with Crippen LogP contribution in [0.5, 0.6) is 0 Å². The highest BCUT2D eigenvalue weighted by atomic mass is 35.5. The second-order valence-electron chi connectivity index (χ2n) is 7.20. The smallest absolute Gasteiger partial charge is 0.387 e. The van der Waals surface area contributed by atoms with Gasteiger partial charge in [-0.1, -0.05) is 23.2 Å². The average Bonchev–Trinajstić information content (AvgIpc) is 2.69. The van der Waals surface area contributed by atoms with Crippen LogP contribution in [0.4, 0.5) is 5.69 Å². The van der Waals surface area contributed by atoms with Gasteiger partial charge in [0.1, 0.15) is 5.15 Å². The molecule has 4 aliphatic heterocycles. The number of nitrogens with one attached hydrogen (secondary N) is 1. The lowest BCUT2D eigenvalue weighted by molar-refractivity contribution is -0.303. The Morgan fingerprint density at radius 1 is 1.18 bits per heavy atom. The molecule has 1 aromatic rings. The van der Waals surface area contributed by atoms with Gasteiger partial charge in [0.2, 0.25) is 5.60 Å². The van der Waals surface area contributed by atoms with E-state index in [4.69, 9.17) is 37.4 Å². The number of fused-ring (bicyclic) bond motifs is 2. The van der Waals surface area contributed by atoms with Gasteiger partial charge in [0.25, 0.3) is 0 Å². The molecule has 12 heteroatoms. The van der Waals surface area contributed by atoms with Gasteiger partial charge in [0, 0.05) is 13.1 Å². The second-order valence-corrected chi connectivity index (χ2v) is 7.97. The summed E-state index contributed by atoms with van der Waals surface area (Å²) in [5, 5.41) is 13.8. The van der Waals surface area contributed by atoms with Crippen LogP contribution in [0.1, 0.15) is 12.8 Å². The van der Waals surface area contributed by atoms with Crippen molar-refractivity contribution in [3.05, 3.63) is 22.4 Å². The second kappa shape index (κ2) is 5.47. The van der Waals surface area contributed by atoms with Gasteiger partial charge in [-0.2, -0.15) is 0 Å². The first-order valence-corrected chi connectivity index (χ1v) is 9.16. The van der Waals surface area contributed by atoms with Crippen LogP contribution in [-0.4, -0.2) is 64.2 Å². The zero-order chi connectivity index (χ0) is 19.9. The largest absolute Gasteiger partial charge is 0.445 e. The lowest BCUT2D eigenvalue weighted by Gasteiger charge is -2.51. The van der Waals surface area contributed by atoms with E-state index in [1.165, 1.54) is 17.2 Å². The van der Waals surface area contributed by atoms with E-state index in [-0.39, 0.29) is 23.3 Å². The number of ether oxygens (including phenoxy) is 3. The molecule has 2 spiro atoms. The number of aliphatic hydroxyl groups is 1. The number of pyridine rings is 1. The molecule has 4 fully saturated rings. The van der Waals surface area contributed by atoms with E-state index in [1.807, 2.05) is 0 Å². The quantitative estimate of drug-likeness (QED) is 0.455. The number of hydrogen-bond donors (Lipinski definition) is 2. The highest BCUT2D eigenvalue weighted by molar-refractivity contribution is 6.41. The van der Waals surface area contributed by atoms with Crippen LogP contribution >= 0.6 is 23.2 Å². The molecule has 4 atom stereocenters. The molecule has 0 aliphatic carbocycles. The molecule has 1 aromatic heterocycles. The van der Waals surface area contributed by atoms with Crippen LogP contribution in [0, 0.1) is 0 Å². The van der Waals surface area contributed by atoms with Gasteiger partial charge in [-0.15, -0.1) is 0 Å². The van der Waals surface area contributed by atoms with E-state index in [0.29, 0.717) is 5.69 Å². The maximum Gasteiger partial charge on any atom is 0.387 e. The Balaban J connectivity index is 1.72. The summed E-state index contributed by atoms with van der Waals surface area (Å²) in [7, 11) is 0. The zero-order valence-electron chi connectivity index (χ0n) is 14.1. The van der Waals surface area contributed by atoms with Crippen LogP contribution in [0.3, 0.4) is 0 Å². The molecule has 5 heterocycles. The Hall–Kier alpha value is -2.14. The summed E-state index contributed by atoms with van der Waals surface area (Å²) in [4.78, 5) is 43.1. The Morgan fingerprint density at radius 3 is 2.54 bits per heavy atom. The van der Waals surface area contributed by atoms with E-state index in [9.17, 15) is 19.5 Å². The minimum atomic E-state index is -2.36. The van der Waals surface area contributed by atoms with E-state index in [1.54, 1.807) is 0 Å². The van der Waals surface area contributed by atoms with Crippen LogP contribution in [0.15, 0.2) is 12.3 Å². The SMILES string of the molecule is O=C1CC2(O)CC(=O)O[C@@]34CN[C@H]3CN(c3cnc(Cl)c(Cl)c3)C4(O1)OC2=O. The number of aromatic nitrogens is 1. The molecule has 2 unspecified atom stereocenters. The average molecular weight is 430 g/mol. The molecule has 0 saturated carbocycles. The maximum atomic E-state index is 12.7. The van der Waals surface area contributed by atoms with Gasteiger partial charge in [-0.3, -0.25) is 14.5 Å². The van der Waals surface area contributed by atoms with E-state index >= 15 is 0 Å². The molecule has 0 amide bonds. The van der Waals surface area contributed by atoms with Gasteiger partial charge in [0.15, 0.2) is 5.60 Å². The predicted molar refractivity (Wildman–Crippen MR) is 91.3 cm³/mol. The third kappa shape index (κ3) is 2.11. The molecular weight excluding hydrogens is 417 g/mol. The van der Waals surface area contributed by atoms with Gasteiger partial charge in [-0.25, -0.2) is 9.78 Å². The van der Waals surface area contributed by atoms with Gasteiger partial charge >= 0.3 is 23.8 Å². The van der Waals surface area contributed by atoms with E-state index in [0.717, 1.165) is 0 Å². The number of nitrogens with zero attached hydrogens (tertiary/aromatic N) is 2. The molecule has 4 saturated heterocycles. The van der Waals surface area contributed by atoms with Crippen molar-refractivity contribution < 1.29 is 33.7 Å². The number of carbonyl (C=O) groups is 3. The topological polar surface area (TPSA) is 127 Å². The lowest BCUT2D eigenvalue weighted by Crippen LogP contribution is -2.79. The minimum Gasteiger partial charge on any atom is -0.445 e. The number of anilines is 1. The molecule has 28 heavy (non-hydrogen) atoms. The molecule has 5 rings (SSSR count). The molecule has 0 aromatic carbocycles. The predicted octanol–water partition coefficient (Wildman–Crippen LogP) is -0.259. The highest BCUT2D eigenvalue weighted by Gasteiger charge is 2.80. The van der Waals surface area contributed by atoms with Crippen molar-refractivity contribution in [2.75, 3.05) is 18.0 Å². The fraction of sp³-hybridized carbons (Fsp3) is 0.500. The van der Waals surface area contributed by atoms with Crippen molar-refractivity contribution in [1.29, 1.82) is 0 Å². The Kier molecular flexibility index (Phi) is 3.50. The number of rotatable bonds is 1. The van der Waals surface area contributed by atoms with E-state index < -0.39 is 53.9 Å². The standard InChI is InChI=1S/C16H13Cl2N3O7/c17-8-1-7(4-19-12(8)18)21-5-9-15(6-20-9)16(21)27-11(23)3-14(25,13(24)28-16)2-10(22)26-15/h1,4,9,20,25H,2-3,5-6H2/t9-,14?,15-,16?/m0/s1. The summed E-state index contributed by atoms with van der Waals surface area (Å²) in [5.41, 5.74) is -3.52. The van der Waals surface area contributed by atoms with Crippen molar-refractivity contribution in [3.8, 4) is 0 Å². The first-order valence-electron chi connectivity index (χ1n) is 8.41. The fourth-order valence-corrected chi connectivity index (χ4v) is 4.42. The molecule has 2 N–H and O–H groups in total. The Morgan fingerprint density at radius 2 is 1.89 bits per heavy atom. The fourth-order valence-electron chi connectivity index (χ4n) is 4.15. The van der Waals surface area contributed by atoms with Crippen molar-refractivity contribution in [1.82, 2.24) is 10.3 Å². The van der Waals surface area contributed by atoms with Crippen molar-refractivity contribution in [3.63, 3.8) is 0 Å². The molecule has 2 bridgehead atoms. The summed E-state index contributed by atoms with van der Waals surface area (Å²) in [6.45, 7) is 0.222. The highest BCUT2D eigenvalue weighted by Crippen LogP contribution is 2.53. The van der Waals surface area contributed by atoms with Crippen molar-refractivity contribution >= 4 is 46.8 Å². The lowest BCUT2D eigenvalue weighted by atomic mass is 9.85. The normalized spacial score (nSPS) is 38.9. The molecule has 0 radical (unpaired) electrons. The third-order valence-electron chi connectivity index (χ3n) is 5.56. The van der Waals surface area contributed by atoms with Crippen LogP contribution in [0.25, 0.3) is 0 Å². The number of esters is 3. The van der Waals surface area contributed by atoms with Gasteiger partial charge in [0.05, 0.1) is 35.8 Å². The van der Waals surface area contributed by atoms with E-state index in [2.05, 4.69) is 10.3 Å². The van der Waals surface area contributed by atoms with Crippen molar-refractivity contribution in [2.45, 2.75) is 36.0 Å². The van der Waals surface area contributed by atoms with Crippen LogP contribution < -0.4 is 10.2 Å². The molecular formula is C16H13Cl2N3O7. The number of hydrogen-bond acceptors (Lipinski definition) is 10. The summed E-state index contributed by atoms with van der Waals surface area (Å²) >= 11 is 11.9. The summed E-state index contributed by atoms with van der Waals surface area (Å²) < 4.78 is 16.8. The first-order chi connectivity index (χ1) is 13.2. The van der Waals surface area contributed by atoms with Crippen molar-refractivity contribution in [2.24, 2.45) is 0 Å². The Labute approximate surface area is 167 Å². The molecule has 148 valence electrons. The first kappa shape index (κ1) is 17.9. The summed E-state index contributed by atoms with van der Waals surface area (Å²) in [6.07, 6.45) is -0.0785. The van der Waals surface area contributed by atoms with Gasteiger partial charge < -0.3 is 24.6 Å².